The molecule has 5 N–H and O–H groups in total. The second-order valence-electron chi connectivity index (χ2n) is 20.9. The van der Waals surface area contributed by atoms with Crippen LogP contribution in [0.5, 0.6) is 0 Å². The van der Waals surface area contributed by atoms with Gasteiger partial charge in [-0.3, -0.25) is 15.0 Å². The van der Waals surface area contributed by atoms with Crippen LogP contribution in [0.3, 0.4) is 0 Å². The van der Waals surface area contributed by atoms with Crippen LogP contribution >= 0.6 is 34.8 Å². The first-order valence-corrected chi connectivity index (χ1v) is 28.2. The summed E-state index contributed by atoms with van der Waals surface area (Å²) in [5.74, 6) is -2.15. The van der Waals surface area contributed by atoms with Crippen LogP contribution in [-0.4, -0.2) is 103 Å². The number of nitrogens with one attached hydrogen (secondary N) is 3. The predicted octanol–water partition coefficient (Wildman–Crippen LogP) is 12.1. The number of anilines is 1. The fourth-order valence-electron chi connectivity index (χ4n) is 9.86. The van der Waals surface area contributed by atoms with Gasteiger partial charge in [-0.05, 0) is 177 Å². The zero-order chi connectivity index (χ0) is 57.5. The molecule has 5 heterocycles. The van der Waals surface area contributed by atoms with Gasteiger partial charge in [0, 0.05) is 35.6 Å². The molecule has 0 fully saturated rings. The van der Waals surface area contributed by atoms with Crippen molar-refractivity contribution >= 4 is 64.2 Å². The third-order valence-electron chi connectivity index (χ3n) is 13.6. The minimum atomic E-state index is -1.08. The summed E-state index contributed by atoms with van der Waals surface area (Å²) in [6, 6.07) is 36.6. The second kappa shape index (κ2) is 28.4. The van der Waals surface area contributed by atoms with E-state index in [0.29, 0.717) is 24.5 Å². The number of carboxylic acid groups (broad SMARTS) is 2. The lowest BCUT2D eigenvalue weighted by Crippen LogP contribution is -2.38. The summed E-state index contributed by atoms with van der Waals surface area (Å²) in [7, 11) is 0. The third-order valence-corrected chi connectivity index (χ3v) is 14.5. The number of fused-ring (bicyclic) bond motifs is 3. The molecule has 0 bridgehead atoms. The van der Waals surface area contributed by atoms with Crippen molar-refractivity contribution in [1.82, 2.24) is 35.1 Å². The van der Waals surface area contributed by atoms with Crippen LogP contribution in [0.4, 0.5) is 10.5 Å². The average Bonchev–Trinajstić information content (AvgIpc) is 3.62. The van der Waals surface area contributed by atoms with Crippen LogP contribution in [0.15, 0.2) is 114 Å². The molecule has 80 heavy (non-hydrogen) atoms. The Labute approximate surface area is 484 Å². The molecule has 2 aromatic heterocycles. The van der Waals surface area contributed by atoms with Gasteiger partial charge in [0.05, 0.1) is 62.1 Å². The molecule has 5 aromatic carbocycles. The van der Waals surface area contributed by atoms with Crippen molar-refractivity contribution < 1.29 is 29.3 Å². The van der Waals surface area contributed by atoms with Crippen LogP contribution in [0.25, 0.3) is 11.4 Å². The number of hydrazone groups is 1. The quantitative estimate of drug-likeness (QED) is 0.0683. The molecule has 3 aliphatic rings. The lowest BCUT2D eigenvalue weighted by atomic mass is 10.0. The highest BCUT2D eigenvalue weighted by atomic mass is 35.5. The van der Waals surface area contributed by atoms with Crippen LogP contribution < -0.4 is 16.1 Å². The first-order chi connectivity index (χ1) is 38.3. The highest BCUT2D eigenvalue weighted by molar-refractivity contribution is 6.33. The standard InChI is InChI=1S/C28H30ClN3O2.2C15H18ClN3.C4H6O4/c1-28(2,3)34-27(33)32-18-16-20-14-15-24(29)26(23(20)17-19-32)31-30-25(21-10-6-4-7-11-21)22-12-8-5-9-13-22;2*1-10-9-11(2)19(18-10)15-13-6-8-17-7-5-12(13)3-4-14(15)16;5-3(6)1-2-4(7)8/h4-15,31H,16-19H2,1-3H3;2*3-4,9,17H,5-8H2,1-2H3;1-2H2,(H,5,6)(H,7,8). The first-order valence-electron chi connectivity index (χ1n) is 27.0. The molecule has 0 radical (unpaired) electrons. The Hall–Kier alpha value is -7.01. The summed E-state index contributed by atoms with van der Waals surface area (Å²) in [4.78, 5) is 33.7. The maximum Gasteiger partial charge on any atom is 0.410 e. The summed E-state index contributed by atoms with van der Waals surface area (Å²) in [5, 5.41) is 38.8. The average molecular weight is 1150 g/mol. The van der Waals surface area contributed by atoms with Gasteiger partial charge in [0.2, 0.25) is 0 Å². The minimum absolute atomic E-state index is 0.283. The summed E-state index contributed by atoms with van der Waals surface area (Å²) in [5.41, 5.74) is 20.5. The van der Waals surface area contributed by atoms with Gasteiger partial charge >= 0.3 is 18.0 Å². The van der Waals surface area contributed by atoms with Crippen molar-refractivity contribution in [2.45, 2.75) is 105 Å². The monoisotopic (exact) mass is 1140 g/mol. The number of carbonyl (C=O) groups excluding carboxylic acids is 1. The number of nitrogens with zero attached hydrogens (tertiary/aromatic N) is 6. The fourth-order valence-corrected chi connectivity index (χ4v) is 10.6. The summed E-state index contributed by atoms with van der Waals surface area (Å²) in [6.45, 7) is 19.1. The number of benzene rings is 5. The fraction of sp³-hybridized carbons (Fsp3) is 0.355. The van der Waals surface area contributed by atoms with Crippen molar-refractivity contribution in [3.63, 3.8) is 0 Å². The van der Waals surface area contributed by atoms with E-state index in [9.17, 15) is 14.4 Å². The molecular formula is C62H72Cl3N9O6. The topological polar surface area (TPSA) is 188 Å². The summed E-state index contributed by atoms with van der Waals surface area (Å²) in [6.07, 6.45) is 4.64. The van der Waals surface area contributed by atoms with Crippen molar-refractivity contribution in [1.29, 1.82) is 0 Å². The van der Waals surface area contributed by atoms with Crippen LogP contribution in [0, 0.1) is 27.7 Å². The van der Waals surface area contributed by atoms with E-state index >= 15 is 0 Å². The van der Waals surface area contributed by atoms with E-state index in [1.54, 1.807) is 4.90 Å². The van der Waals surface area contributed by atoms with Crippen molar-refractivity contribution in [2.75, 3.05) is 44.7 Å². The molecule has 7 aromatic rings. The lowest BCUT2D eigenvalue weighted by molar-refractivity contribution is -0.143. The number of rotatable bonds is 9. The zero-order valence-corrected chi connectivity index (χ0v) is 48.9. The Balaban J connectivity index is 0.000000171. The molecular weight excluding hydrogens is 1070 g/mol. The number of carbonyl (C=O) groups is 3. The number of hydrogen-bond donors (Lipinski definition) is 5. The van der Waals surface area contributed by atoms with E-state index in [0.717, 1.165) is 136 Å². The highest BCUT2D eigenvalue weighted by Gasteiger charge is 2.26. The van der Waals surface area contributed by atoms with Crippen LogP contribution in [0.2, 0.25) is 15.1 Å². The van der Waals surface area contributed by atoms with E-state index in [-0.39, 0.29) is 18.9 Å². The van der Waals surface area contributed by atoms with E-state index in [4.69, 9.17) is 54.9 Å². The number of aliphatic carboxylic acids is 2. The van der Waals surface area contributed by atoms with Crippen molar-refractivity contribution in [3.8, 4) is 11.4 Å². The van der Waals surface area contributed by atoms with E-state index in [2.05, 4.69) is 64.4 Å². The van der Waals surface area contributed by atoms with Gasteiger partial charge in [0.15, 0.2) is 0 Å². The number of aromatic nitrogens is 4. The Morgan fingerprint density at radius 2 is 1.01 bits per heavy atom. The lowest BCUT2D eigenvalue weighted by Gasteiger charge is -2.26. The molecule has 10 rings (SSSR count). The largest absolute Gasteiger partial charge is 0.481 e. The Morgan fingerprint density at radius 3 is 1.44 bits per heavy atom. The summed E-state index contributed by atoms with van der Waals surface area (Å²) < 4.78 is 9.56. The van der Waals surface area contributed by atoms with Gasteiger partial charge in [-0.15, -0.1) is 0 Å². The minimum Gasteiger partial charge on any atom is -0.481 e. The second-order valence-corrected chi connectivity index (χ2v) is 22.1. The highest BCUT2D eigenvalue weighted by Crippen LogP contribution is 2.34. The Kier molecular flexibility index (Phi) is 21.5. The van der Waals surface area contributed by atoms with Gasteiger partial charge in [-0.1, -0.05) is 114 Å². The number of carboxylic acids is 2. The molecule has 422 valence electrons. The Morgan fingerprint density at radius 1 is 0.588 bits per heavy atom. The predicted molar refractivity (Wildman–Crippen MR) is 320 cm³/mol. The molecule has 0 saturated heterocycles. The van der Waals surface area contributed by atoms with Crippen molar-refractivity contribution in [2.24, 2.45) is 5.10 Å². The van der Waals surface area contributed by atoms with Gasteiger partial charge in [-0.2, -0.15) is 15.3 Å². The number of halogens is 3. The van der Waals surface area contributed by atoms with Crippen LogP contribution in [-0.2, 0) is 52.9 Å². The molecule has 1 amide bonds. The van der Waals surface area contributed by atoms with Gasteiger partial charge in [-0.25, -0.2) is 14.2 Å². The third kappa shape index (κ3) is 16.5. The molecule has 0 aliphatic carbocycles. The smallest absolute Gasteiger partial charge is 0.410 e. The first kappa shape index (κ1) is 60.6. The SMILES string of the molecule is CC(C)(C)OC(=O)N1CCc2ccc(Cl)c(NN=C(c3ccccc3)c3ccccc3)c2CC1.Cc1cc(C)n(-c2c(Cl)ccc3c2CCNCC3)n1.Cc1cc(C)n(-c2c(Cl)ccc3c2CCNCC3)n1.O=C(O)CCC(=O)O. The van der Waals surface area contributed by atoms with E-state index in [1.165, 1.54) is 22.3 Å². The number of hydrogen-bond acceptors (Lipinski definition) is 10. The van der Waals surface area contributed by atoms with E-state index in [1.807, 2.05) is 129 Å². The summed E-state index contributed by atoms with van der Waals surface area (Å²) >= 11 is 19.5. The molecule has 0 saturated carbocycles. The number of aryl methyl sites for hydroxylation is 4. The maximum absolute atomic E-state index is 12.6. The Bertz CT molecular complexity index is 3130. The van der Waals surface area contributed by atoms with Gasteiger partial charge in [0.25, 0.3) is 0 Å². The van der Waals surface area contributed by atoms with Crippen molar-refractivity contribution in [3.05, 3.63) is 192 Å². The zero-order valence-electron chi connectivity index (χ0n) is 46.6. The maximum atomic E-state index is 12.6. The molecule has 15 nitrogen and oxygen atoms in total. The molecule has 3 aliphatic heterocycles. The number of ether oxygens (including phenoxy) is 1. The van der Waals surface area contributed by atoms with Crippen LogP contribution in [0.1, 0.15) is 101 Å². The van der Waals surface area contributed by atoms with Gasteiger partial charge < -0.3 is 30.5 Å². The molecule has 0 atom stereocenters. The molecule has 18 heteroatoms. The number of amides is 1. The van der Waals surface area contributed by atoms with Gasteiger partial charge in [0.1, 0.15) is 5.60 Å². The molecule has 0 unspecified atom stereocenters. The molecule has 0 spiro atoms. The van der Waals surface area contributed by atoms with E-state index < -0.39 is 17.5 Å². The normalized spacial score (nSPS) is 13.8.